The first-order valence-electron chi connectivity index (χ1n) is 5.71. The normalized spacial score (nSPS) is 11.0. The van der Waals surface area contributed by atoms with E-state index in [9.17, 15) is 4.79 Å². The summed E-state index contributed by atoms with van der Waals surface area (Å²) < 4.78 is 0. The second-order valence-corrected chi connectivity index (χ2v) is 4.08. The first kappa shape index (κ1) is 12.3. The van der Waals surface area contributed by atoms with Crippen LogP contribution in [0.3, 0.4) is 0 Å². The lowest BCUT2D eigenvalue weighted by Crippen LogP contribution is -2.08. The Bertz CT molecular complexity index is 629. The van der Waals surface area contributed by atoms with Gasteiger partial charge >= 0.3 is 0 Å². The Labute approximate surface area is 105 Å². The Morgan fingerprint density at radius 1 is 1.39 bits per heavy atom. The van der Waals surface area contributed by atoms with Crippen LogP contribution in [0.2, 0.25) is 0 Å². The summed E-state index contributed by atoms with van der Waals surface area (Å²) in [5.41, 5.74) is 8.93. The lowest BCUT2D eigenvalue weighted by Gasteiger charge is -1.98. The fourth-order valence-electron chi connectivity index (χ4n) is 1.61. The van der Waals surface area contributed by atoms with E-state index in [4.69, 9.17) is 5.73 Å². The summed E-state index contributed by atoms with van der Waals surface area (Å²) in [6.45, 7) is 2.27. The number of hydrogen-bond donors (Lipinski definition) is 2. The van der Waals surface area contributed by atoms with Crippen LogP contribution in [0.1, 0.15) is 16.7 Å². The van der Waals surface area contributed by atoms with E-state index >= 15 is 0 Å². The van der Waals surface area contributed by atoms with Crippen LogP contribution in [-0.2, 0) is 6.54 Å². The number of aryl methyl sites for hydroxylation is 1. The second kappa shape index (κ2) is 5.42. The first-order chi connectivity index (χ1) is 8.69. The Kier molecular flexibility index (Phi) is 3.69. The van der Waals surface area contributed by atoms with Crippen molar-refractivity contribution in [2.45, 2.75) is 13.5 Å². The third kappa shape index (κ3) is 2.93. The Balaban J connectivity index is 2.24. The molecule has 0 aliphatic rings. The molecule has 0 saturated carbocycles. The standard InChI is InChI=1S/C14H15N3O/c1-10-5-12(9-17-14(10)18)8-16-13-4-2-3-11(6-13)7-15/h2-6,8-9H,7,15H2,1H3,(H,17,18). The highest BCUT2D eigenvalue weighted by molar-refractivity contribution is 5.81. The van der Waals surface area contributed by atoms with Gasteiger partial charge in [0.15, 0.2) is 0 Å². The molecule has 4 heteroatoms. The van der Waals surface area contributed by atoms with Gasteiger partial charge in [0.2, 0.25) is 0 Å². The summed E-state index contributed by atoms with van der Waals surface area (Å²) in [4.78, 5) is 18.2. The molecule has 92 valence electrons. The van der Waals surface area contributed by atoms with E-state index in [1.165, 1.54) is 0 Å². The highest BCUT2D eigenvalue weighted by atomic mass is 16.1. The van der Waals surface area contributed by atoms with Gasteiger partial charge in [0.25, 0.3) is 5.56 Å². The minimum atomic E-state index is -0.0720. The number of aromatic amines is 1. The van der Waals surface area contributed by atoms with E-state index in [-0.39, 0.29) is 5.56 Å². The molecule has 0 bridgehead atoms. The quantitative estimate of drug-likeness (QED) is 0.805. The average Bonchev–Trinajstić information content (AvgIpc) is 2.40. The zero-order valence-electron chi connectivity index (χ0n) is 10.2. The molecule has 0 atom stereocenters. The molecule has 1 heterocycles. The summed E-state index contributed by atoms with van der Waals surface area (Å²) in [6, 6.07) is 9.54. The van der Waals surface area contributed by atoms with Crippen LogP contribution in [0.15, 0.2) is 46.3 Å². The highest BCUT2D eigenvalue weighted by Gasteiger charge is 1.95. The SMILES string of the molecule is Cc1cc(C=Nc2cccc(CN)c2)c[nH]c1=O. The van der Waals surface area contributed by atoms with Crippen LogP contribution in [0.4, 0.5) is 5.69 Å². The lowest BCUT2D eigenvalue weighted by molar-refractivity contribution is 1.07. The van der Waals surface area contributed by atoms with Crippen molar-refractivity contribution >= 4 is 11.9 Å². The first-order valence-corrected chi connectivity index (χ1v) is 5.71. The molecule has 1 aromatic heterocycles. The third-order valence-electron chi connectivity index (χ3n) is 2.62. The van der Waals surface area contributed by atoms with E-state index in [1.807, 2.05) is 24.3 Å². The van der Waals surface area contributed by atoms with E-state index in [0.29, 0.717) is 12.1 Å². The van der Waals surface area contributed by atoms with E-state index in [1.54, 1.807) is 25.4 Å². The topological polar surface area (TPSA) is 71.2 Å². The van der Waals surface area contributed by atoms with Gasteiger partial charge in [-0.15, -0.1) is 0 Å². The van der Waals surface area contributed by atoms with Crippen molar-refractivity contribution < 1.29 is 0 Å². The molecule has 2 aromatic rings. The second-order valence-electron chi connectivity index (χ2n) is 4.08. The Morgan fingerprint density at radius 2 is 2.22 bits per heavy atom. The van der Waals surface area contributed by atoms with Crippen LogP contribution in [-0.4, -0.2) is 11.2 Å². The number of nitrogens with zero attached hydrogens (tertiary/aromatic N) is 1. The number of hydrogen-bond acceptors (Lipinski definition) is 3. The molecule has 0 aliphatic heterocycles. The van der Waals surface area contributed by atoms with Crippen molar-refractivity contribution in [3.8, 4) is 0 Å². The monoisotopic (exact) mass is 241 g/mol. The van der Waals surface area contributed by atoms with Crippen molar-refractivity contribution in [2.24, 2.45) is 10.7 Å². The van der Waals surface area contributed by atoms with Crippen molar-refractivity contribution in [1.82, 2.24) is 4.98 Å². The summed E-state index contributed by atoms with van der Waals surface area (Å²) in [5.74, 6) is 0. The number of aliphatic imine (C=N–C) groups is 1. The fourth-order valence-corrected chi connectivity index (χ4v) is 1.61. The van der Waals surface area contributed by atoms with Crippen LogP contribution in [0.25, 0.3) is 0 Å². The summed E-state index contributed by atoms with van der Waals surface area (Å²) in [5, 5.41) is 0. The maximum atomic E-state index is 11.2. The molecule has 0 radical (unpaired) electrons. The molecule has 1 aromatic carbocycles. The smallest absolute Gasteiger partial charge is 0.250 e. The molecule has 0 unspecified atom stereocenters. The molecule has 4 nitrogen and oxygen atoms in total. The van der Waals surface area contributed by atoms with Gasteiger partial charge in [0.05, 0.1) is 5.69 Å². The molecular weight excluding hydrogens is 226 g/mol. The number of nitrogens with one attached hydrogen (secondary N) is 1. The number of nitrogens with two attached hydrogens (primary N) is 1. The van der Waals surface area contributed by atoms with E-state index < -0.39 is 0 Å². The third-order valence-corrected chi connectivity index (χ3v) is 2.62. The predicted molar refractivity (Wildman–Crippen MR) is 73.4 cm³/mol. The van der Waals surface area contributed by atoms with E-state index in [0.717, 1.165) is 16.8 Å². The van der Waals surface area contributed by atoms with E-state index in [2.05, 4.69) is 9.98 Å². The van der Waals surface area contributed by atoms with Crippen LogP contribution in [0, 0.1) is 6.92 Å². The summed E-state index contributed by atoms with van der Waals surface area (Å²) >= 11 is 0. The Morgan fingerprint density at radius 3 is 2.94 bits per heavy atom. The van der Waals surface area contributed by atoms with Crippen LogP contribution >= 0.6 is 0 Å². The maximum Gasteiger partial charge on any atom is 0.250 e. The lowest BCUT2D eigenvalue weighted by atomic mass is 10.2. The zero-order valence-corrected chi connectivity index (χ0v) is 10.2. The maximum absolute atomic E-state index is 11.2. The van der Waals surface area contributed by atoms with Crippen LogP contribution < -0.4 is 11.3 Å². The van der Waals surface area contributed by atoms with Gasteiger partial charge in [0, 0.05) is 30.1 Å². The number of benzene rings is 1. The number of pyridine rings is 1. The van der Waals surface area contributed by atoms with Crippen molar-refractivity contribution in [3.05, 3.63) is 63.6 Å². The van der Waals surface area contributed by atoms with Crippen LogP contribution in [0.5, 0.6) is 0 Å². The van der Waals surface area contributed by atoms with Gasteiger partial charge in [-0.2, -0.15) is 0 Å². The van der Waals surface area contributed by atoms with Gasteiger partial charge in [-0.25, -0.2) is 0 Å². The summed E-state index contributed by atoms with van der Waals surface area (Å²) in [7, 11) is 0. The minimum Gasteiger partial charge on any atom is -0.328 e. The van der Waals surface area contributed by atoms with Crippen molar-refractivity contribution in [1.29, 1.82) is 0 Å². The molecule has 2 rings (SSSR count). The van der Waals surface area contributed by atoms with Gasteiger partial charge < -0.3 is 10.7 Å². The molecule has 18 heavy (non-hydrogen) atoms. The number of aromatic nitrogens is 1. The average molecular weight is 241 g/mol. The minimum absolute atomic E-state index is 0.0720. The molecular formula is C14H15N3O. The number of H-pyrrole nitrogens is 1. The highest BCUT2D eigenvalue weighted by Crippen LogP contribution is 2.13. The summed E-state index contributed by atoms with van der Waals surface area (Å²) in [6.07, 6.45) is 3.37. The molecule has 3 N–H and O–H groups in total. The predicted octanol–water partition coefficient (Wildman–Crippen LogP) is 1.89. The Hall–Kier alpha value is -2.20. The van der Waals surface area contributed by atoms with Gasteiger partial charge in [-0.3, -0.25) is 9.79 Å². The van der Waals surface area contributed by atoms with Gasteiger partial charge in [0.1, 0.15) is 0 Å². The van der Waals surface area contributed by atoms with Gasteiger partial charge in [-0.05, 0) is 30.7 Å². The number of rotatable bonds is 3. The molecule has 0 spiro atoms. The van der Waals surface area contributed by atoms with Gasteiger partial charge in [-0.1, -0.05) is 12.1 Å². The van der Waals surface area contributed by atoms with Crippen molar-refractivity contribution in [3.63, 3.8) is 0 Å². The zero-order chi connectivity index (χ0) is 13.0. The molecule has 0 aliphatic carbocycles. The largest absolute Gasteiger partial charge is 0.328 e. The fraction of sp³-hybridized carbons (Fsp3) is 0.143. The molecule has 0 fully saturated rings. The molecule has 0 saturated heterocycles. The molecule has 0 amide bonds. The van der Waals surface area contributed by atoms with Crippen molar-refractivity contribution in [2.75, 3.05) is 0 Å².